The Labute approximate surface area is 225 Å². The van der Waals surface area contributed by atoms with Gasteiger partial charge in [0.1, 0.15) is 5.75 Å². The first-order chi connectivity index (χ1) is 17.7. The maximum absolute atomic E-state index is 13.5. The normalized spacial score (nSPS) is 14.7. The largest absolute Gasteiger partial charge is 0.497 e. The average Bonchev–Trinajstić information content (AvgIpc) is 2.87. The number of nitrogens with zero attached hydrogens (tertiary/aromatic N) is 1. The maximum Gasteiger partial charge on any atom is 0.309 e. The zero-order valence-corrected chi connectivity index (χ0v) is 23.7. The van der Waals surface area contributed by atoms with Crippen molar-refractivity contribution in [1.29, 1.82) is 0 Å². The molecule has 0 radical (unpaired) electrons. The lowest BCUT2D eigenvalue weighted by Crippen LogP contribution is -2.53. The van der Waals surface area contributed by atoms with Crippen LogP contribution in [0.25, 0.3) is 0 Å². The molecule has 210 valence electrons. The second-order valence-corrected chi connectivity index (χ2v) is 12.5. The predicted molar refractivity (Wildman–Crippen MR) is 145 cm³/mol. The van der Waals surface area contributed by atoms with Crippen LogP contribution in [0.4, 0.5) is 0 Å². The molecular weight excluding hydrogens is 508 g/mol. The van der Waals surface area contributed by atoms with E-state index >= 15 is 0 Å². The lowest BCUT2D eigenvalue weighted by atomic mass is 9.79. The number of benzene rings is 2. The van der Waals surface area contributed by atoms with E-state index in [0.29, 0.717) is 5.75 Å². The lowest BCUT2D eigenvalue weighted by molar-refractivity contribution is -0.153. The summed E-state index contributed by atoms with van der Waals surface area (Å²) < 4.78 is 33.4. The van der Waals surface area contributed by atoms with Gasteiger partial charge in [-0.25, -0.2) is 8.42 Å². The fraction of sp³-hybridized carbons (Fsp3) is 0.500. The first-order valence-corrected chi connectivity index (χ1v) is 14.0. The van der Waals surface area contributed by atoms with E-state index in [1.165, 1.54) is 44.3 Å². The quantitative estimate of drug-likeness (QED) is 0.330. The SMILES string of the molecule is COc1ccc(S(=O)(=O)N(CC(C)C)C[C@@H](O)[C@H](Cc2ccccc2)NC(=O)C(C)C(C)(C)C(=O)O)cc1. The van der Waals surface area contributed by atoms with E-state index < -0.39 is 45.4 Å². The first kappa shape index (κ1) is 31.3. The van der Waals surface area contributed by atoms with Crippen LogP contribution >= 0.6 is 0 Å². The van der Waals surface area contributed by atoms with Crippen LogP contribution in [0.5, 0.6) is 5.75 Å². The molecule has 2 aromatic carbocycles. The number of hydrogen-bond acceptors (Lipinski definition) is 6. The summed E-state index contributed by atoms with van der Waals surface area (Å²) in [5.41, 5.74) is -0.510. The zero-order valence-electron chi connectivity index (χ0n) is 22.9. The van der Waals surface area contributed by atoms with Crippen LogP contribution in [-0.4, -0.2) is 67.2 Å². The number of rotatable bonds is 14. The van der Waals surface area contributed by atoms with E-state index in [-0.39, 0.29) is 30.3 Å². The van der Waals surface area contributed by atoms with E-state index in [0.717, 1.165) is 5.56 Å². The van der Waals surface area contributed by atoms with Gasteiger partial charge in [0.05, 0.1) is 35.5 Å². The minimum absolute atomic E-state index is 0.0335. The van der Waals surface area contributed by atoms with Crippen molar-refractivity contribution in [2.45, 2.75) is 58.1 Å². The molecule has 0 fully saturated rings. The molecule has 1 amide bonds. The number of carbonyl (C=O) groups is 2. The highest BCUT2D eigenvalue weighted by molar-refractivity contribution is 7.89. The highest BCUT2D eigenvalue weighted by Crippen LogP contribution is 2.27. The molecule has 0 spiro atoms. The Balaban J connectivity index is 2.37. The Bertz CT molecular complexity index is 1170. The third kappa shape index (κ3) is 8.02. The van der Waals surface area contributed by atoms with Gasteiger partial charge in [0.2, 0.25) is 15.9 Å². The highest BCUT2D eigenvalue weighted by Gasteiger charge is 2.40. The fourth-order valence-electron chi connectivity index (χ4n) is 3.88. The van der Waals surface area contributed by atoms with Crippen molar-refractivity contribution >= 4 is 21.9 Å². The molecule has 38 heavy (non-hydrogen) atoms. The molecule has 10 heteroatoms. The van der Waals surface area contributed by atoms with Crippen molar-refractivity contribution in [2.24, 2.45) is 17.3 Å². The molecule has 2 rings (SSSR count). The van der Waals surface area contributed by atoms with Crippen LogP contribution in [0.1, 0.15) is 40.2 Å². The van der Waals surface area contributed by atoms with E-state index in [1.54, 1.807) is 12.1 Å². The number of carbonyl (C=O) groups excluding carboxylic acids is 1. The Morgan fingerprint density at radius 3 is 2.08 bits per heavy atom. The Hall–Kier alpha value is -2.95. The number of nitrogens with one attached hydrogen (secondary N) is 1. The van der Waals surface area contributed by atoms with E-state index in [9.17, 15) is 28.2 Å². The molecule has 0 aliphatic carbocycles. The van der Waals surface area contributed by atoms with Gasteiger partial charge in [-0.2, -0.15) is 4.31 Å². The number of carboxylic acids is 1. The fourth-order valence-corrected chi connectivity index (χ4v) is 5.50. The van der Waals surface area contributed by atoms with Gasteiger partial charge in [-0.15, -0.1) is 0 Å². The monoisotopic (exact) mass is 548 g/mol. The molecule has 0 aliphatic rings. The Morgan fingerprint density at radius 1 is 1.00 bits per heavy atom. The highest BCUT2D eigenvalue weighted by atomic mass is 32.2. The van der Waals surface area contributed by atoms with E-state index in [1.807, 2.05) is 44.2 Å². The molecule has 0 saturated carbocycles. The summed E-state index contributed by atoms with van der Waals surface area (Å²) in [5, 5.41) is 23.7. The third-order valence-electron chi connectivity index (χ3n) is 6.77. The van der Waals surface area contributed by atoms with E-state index in [2.05, 4.69) is 5.32 Å². The van der Waals surface area contributed by atoms with Gasteiger partial charge < -0.3 is 20.3 Å². The van der Waals surface area contributed by atoms with Crippen LogP contribution in [0.2, 0.25) is 0 Å². The van der Waals surface area contributed by atoms with Crippen molar-refractivity contribution in [1.82, 2.24) is 9.62 Å². The summed E-state index contributed by atoms with van der Waals surface area (Å²) in [6, 6.07) is 14.3. The van der Waals surface area contributed by atoms with Crippen LogP contribution in [-0.2, 0) is 26.0 Å². The van der Waals surface area contributed by atoms with Gasteiger partial charge in [-0.3, -0.25) is 9.59 Å². The van der Waals surface area contributed by atoms with Gasteiger partial charge in [-0.05, 0) is 56.0 Å². The number of methoxy groups -OCH3 is 1. The molecule has 2 aromatic rings. The number of hydrogen-bond donors (Lipinski definition) is 3. The molecule has 1 unspecified atom stereocenters. The lowest BCUT2D eigenvalue weighted by Gasteiger charge is -2.33. The van der Waals surface area contributed by atoms with Crippen molar-refractivity contribution in [2.75, 3.05) is 20.2 Å². The van der Waals surface area contributed by atoms with Crippen LogP contribution in [0.3, 0.4) is 0 Å². The first-order valence-electron chi connectivity index (χ1n) is 12.6. The number of sulfonamides is 1. The molecule has 0 aliphatic heterocycles. The smallest absolute Gasteiger partial charge is 0.309 e. The molecular formula is C28H40N2O7S. The van der Waals surface area contributed by atoms with E-state index in [4.69, 9.17) is 4.74 Å². The molecule has 9 nitrogen and oxygen atoms in total. The number of amides is 1. The Morgan fingerprint density at radius 2 is 1.58 bits per heavy atom. The number of aliphatic hydroxyl groups excluding tert-OH is 1. The van der Waals surface area contributed by atoms with Crippen LogP contribution < -0.4 is 10.1 Å². The summed E-state index contributed by atoms with van der Waals surface area (Å²) in [6.45, 7) is 8.10. The standard InChI is InChI=1S/C28H40N2O7S/c1-19(2)17-30(38(35,36)23-14-12-22(37-6)13-15-23)18-25(31)24(16-21-10-8-7-9-11-21)29-26(32)20(3)28(4,5)27(33)34/h7-15,19-20,24-25,31H,16-18H2,1-6H3,(H,29,32)(H,33,34)/t20?,24-,25+/m0/s1. The summed E-state index contributed by atoms with van der Waals surface area (Å²) in [7, 11) is -2.48. The zero-order chi connectivity index (χ0) is 28.7. The summed E-state index contributed by atoms with van der Waals surface area (Å²) in [6.07, 6.45) is -1.04. The second-order valence-electron chi connectivity index (χ2n) is 10.5. The topological polar surface area (TPSA) is 133 Å². The minimum Gasteiger partial charge on any atom is -0.497 e. The van der Waals surface area contributed by atoms with Gasteiger partial charge in [0, 0.05) is 13.1 Å². The van der Waals surface area contributed by atoms with Crippen molar-refractivity contribution in [3.63, 3.8) is 0 Å². The van der Waals surface area contributed by atoms with Crippen molar-refractivity contribution in [3.05, 3.63) is 60.2 Å². The van der Waals surface area contributed by atoms with Gasteiger partial charge >= 0.3 is 5.97 Å². The molecule has 0 heterocycles. The summed E-state index contributed by atoms with van der Waals surface area (Å²) in [4.78, 5) is 24.9. The number of aliphatic hydroxyl groups is 1. The summed E-state index contributed by atoms with van der Waals surface area (Å²) >= 11 is 0. The molecule has 3 N–H and O–H groups in total. The molecule has 0 saturated heterocycles. The predicted octanol–water partition coefficient (Wildman–Crippen LogP) is 3.18. The number of ether oxygens (including phenoxy) is 1. The molecule has 3 atom stereocenters. The number of carboxylic acid groups (broad SMARTS) is 1. The van der Waals surface area contributed by atoms with Crippen LogP contribution in [0.15, 0.2) is 59.5 Å². The van der Waals surface area contributed by atoms with Gasteiger partial charge in [0.15, 0.2) is 0 Å². The maximum atomic E-state index is 13.5. The minimum atomic E-state index is -3.97. The summed E-state index contributed by atoms with van der Waals surface area (Å²) in [5.74, 6) is -2.07. The third-order valence-corrected chi connectivity index (χ3v) is 8.62. The Kier molecular flexibility index (Phi) is 10.9. The second kappa shape index (κ2) is 13.2. The van der Waals surface area contributed by atoms with Gasteiger partial charge in [0.25, 0.3) is 0 Å². The van der Waals surface area contributed by atoms with Crippen LogP contribution in [0, 0.1) is 17.3 Å². The molecule has 0 bridgehead atoms. The van der Waals surface area contributed by atoms with Crippen molar-refractivity contribution < 1.29 is 33.0 Å². The van der Waals surface area contributed by atoms with Gasteiger partial charge in [-0.1, -0.05) is 51.1 Å². The number of aliphatic carboxylic acids is 1. The van der Waals surface area contributed by atoms with Crippen molar-refractivity contribution in [3.8, 4) is 5.75 Å². The molecule has 0 aromatic heterocycles. The average molecular weight is 549 g/mol.